The number of benzene rings is 1. The average Bonchev–Trinajstić information content (AvgIpc) is 2.45. The molecule has 0 amide bonds. The second kappa shape index (κ2) is 6.36. The number of rotatable bonds is 4. The maximum absolute atomic E-state index is 14.3. The maximum atomic E-state index is 14.3. The molecule has 1 aromatic carbocycles. The summed E-state index contributed by atoms with van der Waals surface area (Å²) in [5.74, 6) is -3.38. The van der Waals surface area contributed by atoms with Crippen LogP contribution in [0.3, 0.4) is 0 Å². The molecule has 1 aliphatic heterocycles. The first-order valence-electron chi connectivity index (χ1n) is 7.35. The Morgan fingerprint density at radius 2 is 1.86 bits per heavy atom. The maximum Gasteiger partial charge on any atom is 0.289 e. The van der Waals surface area contributed by atoms with Gasteiger partial charge < -0.3 is 5.11 Å². The number of alkyl halides is 2. The van der Waals surface area contributed by atoms with E-state index in [1.165, 1.54) is 24.3 Å². The zero-order valence-electron chi connectivity index (χ0n) is 12.4. The van der Waals surface area contributed by atoms with Crippen LogP contribution in [-0.4, -0.2) is 35.1 Å². The zero-order valence-corrected chi connectivity index (χ0v) is 12.4. The fraction of sp³-hybridized carbons (Fsp3) is 0.625. The minimum Gasteiger partial charge on any atom is -0.390 e. The summed E-state index contributed by atoms with van der Waals surface area (Å²) < 4.78 is 41.7. The fourth-order valence-corrected chi connectivity index (χ4v) is 3.09. The minimum absolute atomic E-state index is 0.00804. The normalized spacial score (nSPS) is 25.8. The van der Waals surface area contributed by atoms with Crippen molar-refractivity contribution in [3.05, 3.63) is 35.6 Å². The van der Waals surface area contributed by atoms with Crippen LogP contribution in [-0.2, 0) is 0 Å². The minimum atomic E-state index is -3.26. The number of likely N-dealkylation sites (tertiary alicyclic amines) is 1. The van der Waals surface area contributed by atoms with Crippen LogP contribution in [0.25, 0.3) is 0 Å². The van der Waals surface area contributed by atoms with Crippen molar-refractivity contribution in [3.8, 4) is 0 Å². The molecular weight excluding hydrogens is 279 g/mol. The van der Waals surface area contributed by atoms with Crippen LogP contribution in [0, 0.1) is 11.7 Å². The highest BCUT2D eigenvalue weighted by atomic mass is 19.3. The van der Waals surface area contributed by atoms with Crippen LogP contribution in [0.2, 0.25) is 0 Å². The number of halogens is 3. The molecule has 21 heavy (non-hydrogen) atoms. The number of piperidine rings is 1. The third kappa shape index (κ3) is 3.58. The average molecular weight is 301 g/mol. The predicted octanol–water partition coefficient (Wildman–Crippen LogP) is 3.61. The molecule has 5 heteroatoms. The molecular formula is C16H22F3NO. The molecule has 1 aromatic rings. The molecule has 1 N–H and O–H groups in total. The van der Waals surface area contributed by atoms with Crippen molar-refractivity contribution in [2.75, 3.05) is 13.2 Å². The summed E-state index contributed by atoms with van der Waals surface area (Å²) >= 11 is 0. The molecule has 0 saturated carbocycles. The van der Waals surface area contributed by atoms with E-state index in [0.717, 1.165) is 12.8 Å². The summed E-state index contributed by atoms with van der Waals surface area (Å²) in [5, 5.41) is 9.11. The monoisotopic (exact) mass is 301 g/mol. The van der Waals surface area contributed by atoms with Crippen molar-refractivity contribution >= 4 is 0 Å². The van der Waals surface area contributed by atoms with Gasteiger partial charge in [0.1, 0.15) is 18.5 Å². The molecule has 0 aromatic heterocycles. The van der Waals surface area contributed by atoms with Crippen LogP contribution in [0.1, 0.15) is 38.3 Å². The van der Waals surface area contributed by atoms with Gasteiger partial charge in [-0.3, -0.25) is 4.90 Å². The largest absolute Gasteiger partial charge is 0.390 e. The lowest BCUT2D eigenvalue weighted by atomic mass is 9.89. The first kappa shape index (κ1) is 16.3. The number of aliphatic hydroxyl groups is 1. The highest BCUT2D eigenvalue weighted by Gasteiger charge is 2.46. The lowest BCUT2D eigenvalue weighted by Crippen LogP contribution is -2.50. The summed E-state index contributed by atoms with van der Waals surface area (Å²) in [5.41, 5.74) is 0.344. The van der Waals surface area contributed by atoms with E-state index in [4.69, 9.17) is 5.11 Å². The van der Waals surface area contributed by atoms with E-state index < -0.39 is 24.4 Å². The van der Waals surface area contributed by atoms with Gasteiger partial charge in [0.15, 0.2) is 0 Å². The van der Waals surface area contributed by atoms with Gasteiger partial charge in [-0.15, -0.1) is 0 Å². The Morgan fingerprint density at radius 1 is 1.24 bits per heavy atom. The van der Waals surface area contributed by atoms with Crippen molar-refractivity contribution in [1.29, 1.82) is 0 Å². The second-order valence-electron chi connectivity index (χ2n) is 6.10. The highest BCUT2D eigenvalue weighted by molar-refractivity contribution is 5.23. The van der Waals surface area contributed by atoms with Gasteiger partial charge in [-0.1, -0.05) is 19.1 Å². The molecule has 1 saturated heterocycles. The lowest BCUT2D eigenvalue weighted by Gasteiger charge is -2.44. The Hall–Kier alpha value is -1.07. The Bertz CT molecular complexity index is 463. The van der Waals surface area contributed by atoms with Crippen LogP contribution < -0.4 is 0 Å². The summed E-state index contributed by atoms with van der Waals surface area (Å²) in [7, 11) is 0. The van der Waals surface area contributed by atoms with Gasteiger partial charge in [0.25, 0.3) is 5.92 Å². The number of nitrogens with zero attached hydrogens (tertiary/aromatic N) is 1. The smallest absolute Gasteiger partial charge is 0.289 e. The fourth-order valence-electron chi connectivity index (χ4n) is 3.09. The molecule has 0 spiro atoms. The molecule has 0 bridgehead atoms. The van der Waals surface area contributed by atoms with E-state index in [2.05, 4.69) is 0 Å². The van der Waals surface area contributed by atoms with Gasteiger partial charge >= 0.3 is 0 Å². The van der Waals surface area contributed by atoms with Crippen molar-refractivity contribution in [2.24, 2.45) is 5.92 Å². The van der Waals surface area contributed by atoms with Crippen molar-refractivity contribution < 1.29 is 18.3 Å². The molecule has 2 nitrogen and oxygen atoms in total. The van der Waals surface area contributed by atoms with Crippen LogP contribution in [0.15, 0.2) is 24.3 Å². The molecule has 3 atom stereocenters. The Labute approximate surface area is 123 Å². The number of hydrogen-bond donors (Lipinski definition) is 1. The molecule has 118 valence electrons. The van der Waals surface area contributed by atoms with Gasteiger partial charge in [0.05, 0.1) is 0 Å². The lowest BCUT2D eigenvalue weighted by molar-refractivity contribution is -0.132. The van der Waals surface area contributed by atoms with Gasteiger partial charge in [-0.2, -0.15) is 0 Å². The molecule has 1 heterocycles. The van der Waals surface area contributed by atoms with Crippen LogP contribution in [0.4, 0.5) is 13.2 Å². The molecule has 1 aliphatic rings. The van der Waals surface area contributed by atoms with E-state index in [-0.39, 0.29) is 6.04 Å². The summed E-state index contributed by atoms with van der Waals surface area (Å²) in [4.78, 5) is 1.75. The van der Waals surface area contributed by atoms with Crippen molar-refractivity contribution in [3.63, 3.8) is 0 Å². The first-order valence-corrected chi connectivity index (χ1v) is 7.35. The van der Waals surface area contributed by atoms with Gasteiger partial charge in [0.2, 0.25) is 0 Å². The van der Waals surface area contributed by atoms with E-state index >= 15 is 0 Å². The Morgan fingerprint density at radius 3 is 2.43 bits per heavy atom. The summed E-state index contributed by atoms with van der Waals surface area (Å²) in [6.07, 6.45) is 1.86. The Kier molecular flexibility index (Phi) is 4.94. The number of hydrogen-bond acceptors (Lipinski definition) is 2. The summed E-state index contributed by atoms with van der Waals surface area (Å²) in [6, 6.07) is 3.93. The van der Waals surface area contributed by atoms with Crippen molar-refractivity contribution in [2.45, 2.75) is 44.7 Å². The molecule has 1 unspecified atom stereocenters. The standard InChI is InChI=1S/C16H22F3NO/c1-11-3-4-12(2)20(9-11)15(16(18,19)10-21)13-5-7-14(17)8-6-13/h5-8,11-12,15,21H,3-4,9-10H2,1-2H3/t11-,12-,15?/m1/s1. The van der Waals surface area contributed by atoms with Crippen LogP contribution in [0.5, 0.6) is 0 Å². The van der Waals surface area contributed by atoms with E-state index in [1.807, 2.05) is 13.8 Å². The molecule has 0 aliphatic carbocycles. The number of aliphatic hydroxyl groups excluding tert-OH is 1. The van der Waals surface area contributed by atoms with Gasteiger partial charge in [0, 0.05) is 12.6 Å². The second-order valence-corrected chi connectivity index (χ2v) is 6.10. The van der Waals surface area contributed by atoms with E-state index in [0.29, 0.717) is 18.0 Å². The third-order valence-corrected chi connectivity index (χ3v) is 4.29. The first-order chi connectivity index (χ1) is 9.85. The van der Waals surface area contributed by atoms with Gasteiger partial charge in [-0.25, -0.2) is 13.2 Å². The summed E-state index contributed by atoms with van der Waals surface area (Å²) in [6.45, 7) is 3.30. The quantitative estimate of drug-likeness (QED) is 0.918. The Balaban J connectivity index is 2.38. The third-order valence-electron chi connectivity index (χ3n) is 4.29. The van der Waals surface area contributed by atoms with Crippen LogP contribution >= 0.6 is 0 Å². The van der Waals surface area contributed by atoms with Gasteiger partial charge in [-0.05, 0) is 43.4 Å². The zero-order chi connectivity index (χ0) is 15.6. The van der Waals surface area contributed by atoms with E-state index in [9.17, 15) is 13.2 Å². The topological polar surface area (TPSA) is 23.5 Å². The van der Waals surface area contributed by atoms with E-state index in [1.54, 1.807) is 4.90 Å². The highest BCUT2D eigenvalue weighted by Crippen LogP contribution is 2.40. The van der Waals surface area contributed by atoms with Crippen molar-refractivity contribution in [1.82, 2.24) is 4.90 Å². The SMILES string of the molecule is C[C@@H]1CC[C@@H](C)N(C(c2ccc(F)cc2)C(F)(F)CO)C1. The molecule has 1 fully saturated rings. The molecule has 0 radical (unpaired) electrons. The molecule has 2 rings (SSSR count). The predicted molar refractivity (Wildman–Crippen MR) is 75.7 cm³/mol.